The molecule has 0 saturated heterocycles. The summed E-state index contributed by atoms with van der Waals surface area (Å²) in [6.45, 7) is 5.02. The number of nitrogens with one attached hydrogen (secondary N) is 1. The van der Waals surface area contributed by atoms with E-state index in [1.54, 1.807) is 0 Å². The number of halogens is 1. The van der Waals surface area contributed by atoms with Gasteiger partial charge < -0.3 is 5.32 Å². The van der Waals surface area contributed by atoms with Crippen molar-refractivity contribution in [1.82, 2.24) is 4.90 Å². The van der Waals surface area contributed by atoms with Crippen LogP contribution in [0.4, 0.5) is 5.69 Å². The summed E-state index contributed by atoms with van der Waals surface area (Å²) < 4.78 is 0. The van der Waals surface area contributed by atoms with E-state index in [0.29, 0.717) is 18.1 Å². The SMILES string of the molecule is Cc1ccc(C)c(NC(=O)CN(C)Cc2cccc(Cl)c2)c1. The highest BCUT2D eigenvalue weighted by Crippen LogP contribution is 2.16. The quantitative estimate of drug-likeness (QED) is 0.903. The van der Waals surface area contributed by atoms with Gasteiger partial charge in [0.05, 0.1) is 6.54 Å². The van der Waals surface area contributed by atoms with Gasteiger partial charge in [-0.1, -0.05) is 35.9 Å². The molecule has 0 aromatic heterocycles. The highest BCUT2D eigenvalue weighted by Gasteiger charge is 2.09. The van der Waals surface area contributed by atoms with Crippen LogP contribution in [0.15, 0.2) is 42.5 Å². The van der Waals surface area contributed by atoms with Crippen LogP contribution in [0.5, 0.6) is 0 Å². The van der Waals surface area contributed by atoms with E-state index in [4.69, 9.17) is 11.6 Å². The number of aryl methyl sites for hydroxylation is 2. The summed E-state index contributed by atoms with van der Waals surface area (Å²) in [4.78, 5) is 14.1. The average Bonchev–Trinajstić information content (AvgIpc) is 2.42. The molecule has 3 nitrogen and oxygen atoms in total. The Bertz CT molecular complexity index is 670. The zero-order valence-corrected chi connectivity index (χ0v) is 13.9. The molecule has 0 atom stereocenters. The van der Waals surface area contributed by atoms with Crippen molar-refractivity contribution < 1.29 is 4.79 Å². The van der Waals surface area contributed by atoms with Gasteiger partial charge in [-0.05, 0) is 55.8 Å². The van der Waals surface area contributed by atoms with Crippen LogP contribution in [0.1, 0.15) is 16.7 Å². The first kappa shape index (κ1) is 16.5. The zero-order valence-electron chi connectivity index (χ0n) is 13.2. The highest BCUT2D eigenvalue weighted by atomic mass is 35.5. The minimum absolute atomic E-state index is 0.0155. The number of likely N-dealkylation sites (N-methyl/N-ethyl adjacent to an activating group) is 1. The fraction of sp³-hybridized carbons (Fsp3) is 0.278. The summed E-state index contributed by atoms with van der Waals surface area (Å²) in [5.74, 6) is -0.0155. The lowest BCUT2D eigenvalue weighted by molar-refractivity contribution is -0.117. The minimum atomic E-state index is -0.0155. The van der Waals surface area contributed by atoms with Crippen molar-refractivity contribution in [2.24, 2.45) is 0 Å². The Morgan fingerprint density at radius 1 is 1.18 bits per heavy atom. The van der Waals surface area contributed by atoms with Crippen molar-refractivity contribution in [2.75, 3.05) is 18.9 Å². The second-order valence-electron chi connectivity index (χ2n) is 5.67. The summed E-state index contributed by atoms with van der Waals surface area (Å²) in [7, 11) is 1.92. The topological polar surface area (TPSA) is 32.3 Å². The van der Waals surface area contributed by atoms with Gasteiger partial charge in [-0.25, -0.2) is 0 Å². The summed E-state index contributed by atoms with van der Waals surface area (Å²) >= 11 is 5.98. The molecular formula is C18H21ClN2O. The van der Waals surface area contributed by atoms with Gasteiger partial charge in [0.15, 0.2) is 0 Å². The van der Waals surface area contributed by atoms with Crippen LogP contribution >= 0.6 is 11.6 Å². The third-order valence-electron chi connectivity index (χ3n) is 3.42. The second-order valence-corrected chi connectivity index (χ2v) is 6.11. The molecule has 116 valence electrons. The van der Waals surface area contributed by atoms with Crippen molar-refractivity contribution >= 4 is 23.2 Å². The molecule has 0 heterocycles. The fourth-order valence-electron chi connectivity index (χ4n) is 2.31. The first-order chi connectivity index (χ1) is 10.4. The van der Waals surface area contributed by atoms with E-state index in [9.17, 15) is 4.79 Å². The predicted molar refractivity (Wildman–Crippen MR) is 92.3 cm³/mol. The Hall–Kier alpha value is -1.84. The molecule has 0 aliphatic heterocycles. The Kier molecular flexibility index (Phi) is 5.58. The van der Waals surface area contributed by atoms with E-state index < -0.39 is 0 Å². The molecule has 0 fully saturated rings. The van der Waals surface area contributed by atoms with Gasteiger partial charge in [0, 0.05) is 17.3 Å². The number of amides is 1. The van der Waals surface area contributed by atoms with Crippen LogP contribution in [-0.2, 0) is 11.3 Å². The Morgan fingerprint density at radius 2 is 1.95 bits per heavy atom. The number of nitrogens with zero attached hydrogens (tertiary/aromatic N) is 1. The monoisotopic (exact) mass is 316 g/mol. The van der Waals surface area contributed by atoms with Crippen LogP contribution in [-0.4, -0.2) is 24.4 Å². The molecule has 1 N–H and O–H groups in total. The van der Waals surface area contributed by atoms with Crippen LogP contribution in [0.25, 0.3) is 0 Å². The van der Waals surface area contributed by atoms with E-state index >= 15 is 0 Å². The lowest BCUT2D eigenvalue weighted by atomic mass is 10.1. The number of carbonyl (C=O) groups excluding carboxylic acids is 1. The van der Waals surface area contributed by atoms with Crippen molar-refractivity contribution in [3.63, 3.8) is 0 Å². The second kappa shape index (κ2) is 7.43. The number of hydrogen-bond acceptors (Lipinski definition) is 2. The first-order valence-corrected chi connectivity index (χ1v) is 7.62. The maximum Gasteiger partial charge on any atom is 0.238 e. The highest BCUT2D eigenvalue weighted by molar-refractivity contribution is 6.30. The lowest BCUT2D eigenvalue weighted by Crippen LogP contribution is -2.30. The lowest BCUT2D eigenvalue weighted by Gasteiger charge is -2.17. The molecule has 0 aliphatic carbocycles. The molecule has 0 aliphatic rings. The van der Waals surface area contributed by atoms with Crippen LogP contribution in [0.2, 0.25) is 5.02 Å². The van der Waals surface area contributed by atoms with Gasteiger partial charge in [-0.3, -0.25) is 9.69 Å². The standard InChI is InChI=1S/C18H21ClN2O/c1-13-7-8-14(2)17(9-13)20-18(22)12-21(3)11-15-5-4-6-16(19)10-15/h4-10H,11-12H2,1-3H3,(H,20,22). The van der Waals surface area contributed by atoms with E-state index in [-0.39, 0.29) is 5.91 Å². The molecule has 2 aromatic carbocycles. The molecular weight excluding hydrogens is 296 g/mol. The molecule has 4 heteroatoms. The number of carbonyl (C=O) groups is 1. The van der Waals surface area contributed by atoms with Crippen molar-refractivity contribution in [3.05, 3.63) is 64.2 Å². The molecule has 0 bridgehead atoms. The molecule has 2 rings (SSSR count). The van der Waals surface area contributed by atoms with Gasteiger partial charge in [-0.2, -0.15) is 0 Å². The van der Waals surface area contributed by atoms with Crippen molar-refractivity contribution in [1.29, 1.82) is 0 Å². The Morgan fingerprint density at radius 3 is 2.68 bits per heavy atom. The third kappa shape index (κ3) is 4.86. The first-order valence-electron chi connectivity index (χ1n) is 7.24. The predicted octanol–water partition coefficient (Wildman–Crippen LogP) is 4.03. The fourth-order valence-corrected chi connectivity index (χ4v) is 2.52. The molecule has 0 saturated carbocycles. The summed E-state index contributed by atoms with van der Waals surface area (Å²) in [5.41, 5.74) is 4.17. The summed E-state index contributed by atoms with van der Waals surface area (Å²) in [6, 6.07) is 13.7. The molecule has 1 amide bonds. The summed E-state index contributed by atoms with van der Waals surface area (Å²) in [5, 5.41) is 3.69. The molecule has 0 unspecified atom stereocenters. The zero-order chi connectivity index (χ0) is 16.1. The minimum Gasteiger partial charge on any atom is -0.325 e. The van der Waals surface area contributed by atoms with E-state index in [1.807, 2.05) is 68.3 Å². The van der Waals surface area contributed by atoms with Gasteiger partial charge in [0.25, 0.3) is 0 Å². The largest absolute Gasteiger partial charge is 0.325 e. The van der Waals surface area contributed by atoms with Gasteiger partial charge in [0.1, 0.15) is 0 Å². The van der Waals surface area contributed by atoms with Crippen molar-refractivity contribution in [2.45, 2.75) is 20.4 Å². The molecule has 0 spiro atoms. The molecule has 0 radical (unpaired) electrons. The number of rotatable bonds is 5. The van der Waals surface area contributed by atoms with Crippen LogP contribution in [0.3, 0.4) is 0 Å². The van der Waals surface area contributed by atoms with Crippen LogP contribution in [0, 0.1) is 13.8 Å². The van der Waals surface area contributed by atoms with Crippen LogP contribution < -0.4 is 5.32 Å². The number of anilines is 1. The number of hydrogen-bond donors (Lipinski definition) is 1. The van der Waals surface area contributed by atoms with Gasteiger partial charge in [0.2, 0.25) is 5.91 Å². The van der Waals surface area contributed by atoms with Gasteiger partial charge in [-0.15, -0.1) is 0 Å². The number of benzene rings is 2. The smallest absolute Gasteiger partial charge is 0.238 e. The van der Waals surface area contributed by atoms with Crippen molar-refractivity contribution in [3.8, 4) is 0 Å². The van der Waals surface area contributed by atoms with E-state index in [2.05, 4.69) is 5.32 Å². The average molecular weight is 317 g/mol. The Balaban J connectivity index is 1.92. The molecule has 22 heavy (non-hydrogen) atoms. The van der Waals surface area contributed by atoms with E-state index in [0.717, 1.165) is 22.4 Å². The normalized spacial score (nSPS) is 10.8. The molecule has 2 aromatic rings. The third-order valence-corrected chi connectivity index (χ3v) is 3.66. The van der Waals surface area contributed by atoms with E-state index in [1.165, 1.54) is 0 Å². The Labute approximate surface area is 136 Å². The maximum atomic E-state index is 12.2. The maximum absolute atomic E-state index is 12.2. The van der Waals surface area contributed by atoms with Gasteiger partial charge >= 0.3 is 0 Å². The summed E-state index contributed by atoms with van der Waals surface area (Å²) in [6.07, 6.45) is 0.